The van der Waals surface area contributed by atoms with Crippen molar-refractivity contribution in [2.75, 3.05) is 11.5 Å². The molecule has 4 atom stereocenters. The minimum absolute atomic E-state index is 0.0253. The molecule has 0 aliphatic heterocycles. The first-order valence-corrected chi connectivity index (χ1v) is 9.88. The van der Waals surface area contributed by atoms with Crippen molar-refractivity contribution in [1.82, 2.24) is 0 Å². The van der Waals surface area contributed by atoms with Crippen molar-refractivity contribution in [3.63, 3.8) is 0 Å². The molecule has 0 heterocycles. The Morgan fingerprint density at radius 3 is 2.30 bits per heavy atom. The van der Waals surface area contributed by atoms with E-state index < -0.39 is 38.4 Å². The van der Waals surface area contributed by atoms with Crippen LogP contribution in [-0.2, 0) is 59.7 Å². The van der Waals surface area contributed by atoms with E-state index in [4.69, 9.17) is 34.2 Å². The third-order valence-corrected chi connectivity index (χ3v) is 7.27. The summed E-state index contributed by atoms with van der Waals surface area (Å²) in [7, 11) is 0.295. The predicted octanol–water partition coefficient (Wildman–Crippen LogP) is -3.46. The van der Waals surface area contributed by atoms with Gasteiger partial charge in [0.15, 0.2) is 12.1 Å². The molecule has 0 aliphatic carbocycles. The number of hydrogen-bond acceptors (Lipinski definition) is 7. The smallest absolute Gasteiger partial charge is 0.362 e. The van der Waals surface area contributed by atoms with E-state index in [2.05, 4.69) is 12.8 Å². The Morgan fingerprint density at radius 1 is 1.40 bits per heavy atom. The van der Waals surface area contributed by atoms with Crippen molar-refractivity contribution in [3.05, 3.63) is 0 Å². The molecule has 20 heavy (non-hydrogen) atoms. The SMILES string of the molecule is CC(=O)[NH+]([S-])C(CS(=S)SCC([NH2+][S-])C(=O)O)C(=O)O. The zero-order valence-corrected chi connectivity index (χ0v) is 14.4. The molecule has 0 spiro atoms. The van der Waals surface area contributed by atoms with Gasteiger partial charge in [0, 0.05) is 0 Å². The number of carbonyl (C=O) groups is 3. The van der Waals surface area contributed by atoms with E-state index in [9.17, 15) is 14.4 Å². The zero-order chi connectivity index (χ0) is 15.9. The van der Waals surface area contributed by atoms with E-state index >= 15 is 0 Å². The van der Waals surface area contributed by atoms with E-state index in [0.717, 1.165) is 15.5 Å². The topological polar surface area (TPSA) is 113 Å². The number of quaternary nitrogens is 2. The van der Waals surface area contributed by atoms with E-state index in [1.165, 1.54) is 6.92 Å². The summed E-state index contributed by atoms with van der Waals surface area (Å²) in [5.74, 6) is -2.51. The van der Waals surface area contributed by atoms with Crippen molar-refractivity contribution >= 4 is 73.9 Å². The van der Waals surface area contributed by atoms with Crippen LogP contribution >= 0.6 is 10.8 Å². The molecular weight excluding hydrogens is 364 g/mol. The fourth-order valence-corrected chi connectivity index (χ4v) is 5.35. The summed E-state index contributed by atoms with van der Waals surface area (Å²) in [4.78, 5) is 33.0. The third-order valence-electron chi connectivity index (χ3n) is 2.12. The maximum Gasteiger partial charge on any atom is 0.362 e. The van der Waals surface area contributed by atoms with E-state index in [1.54, 1.807) is 0 Å². The summed E-state index contributed by atoms with van der Waals surface area (Å²) in [5.41, 5.74) is 0. The Bertz CT molecular complexity index is 407. The average Bonchev–Trinajstić information content (AvgIpc) is 2.34. The Kier molecular flexibility index (Phi) is 10.0. The molecule has 1 amide bonds. The Hall–Kier alpha value is 0.150. The molecule has 12 heteroatoms. The second kappa shape index (κ2) is 9.97. The summed E-state index contributed by atoms with van der Waals surface area (Å²) >= 11 is 14.5. The van der Waals surface area contributed by atoms with E-state index in [-0.39, 0.29) is 15.8 Å². The van der Waals surface area contributed by atoms with Gasteiger partial charge in [-0.3, -0.25) is 0 Å². The lowest BCUT2D eigenvalue weighted by molar-refractivity contribution is -0.685. The van der Waals surface area contributed by atoms with Crippen LogP contribution in [0.5, 0.6) is 0 Å². The number of nitrogens with two attached hydrogens (primary N) is 1. The zero-order valence-electron chi connectivity index (χ0n) is 10.3. The van der Waals surface area contributed by atoms with Crippen LogP contribution in [0, 0.1) is 0 Å². The molecule has 0 aromatic rings. The van der Waals surface area contributed by atoms with Crippen molar-refractivity contribution in [2.24, 2.45) is 0 Å². The van der Waals surface area contributed by atoms with Gasteiger partial charge in [-0.15, -0.1) is 0 Å². The highest BCUT2D eigenvalue weighted by Gasteiger charge is 2.27. The van der Waals surface area contributed by atoms with Gasteiger partial charge in [-0.05, 0) is 11.2 Å². The Labute approximate surface area is 137 Å². The molecule has 0 aliphatic rings. The molecule has 116 valence electrons. The van der Waals surface area contributed by atoms with Gasteiger partial charge in [-0.25, -0.2) is 14.4 Å². The molecule has 5 N–H and O–H groups in total. The van der Waals surface area contributed by atoms with Gasteiger partial charge in [-0.2, -0.15) is 0 Å². The summed E-state index contributed by atoms with van der Waals surface area (Å²) in [6.07, 6.45) is 0. The third kappa shape index (κ3) is 7.24. The van der Waals surface area contributed by atoms with Crippen LogP contribution in [0.25, 0.3) is 0 Å². The van der Waals surface area contributed by atoms with Gasteiger partial charge in [0.05, 0.1) is 18.4 Å². The van der Waals surface area contributed by atoms with Crippen molar-refractivity contribution < 1.29 is 33.6 Å². The Morgan fingerprint density at radius 2 is 1.95 bits per heavy atom. The number of carboxylic acids is 2. The molecule has 0 rings (SSSR count). The van der Waals surface area contributed by atoms with Crippen molar-refractivity contribution in [3.8, 4) is 0 Å². The molecule has 0 aromatic carbocycles. The number of carbonyl (C=O) groups excluding carboxylic acids is 1. The number of hydrogen-bond donors (Lipinski definition) is 4. The van der Waals surface area contributed by atoms with Gasteiger partial charge in [0.1, 0.15) is 0 Å². The van der Waals surface area contributed by atoms with E-state index in [0.29, 0.717) is 0 Å². The molecular formula is C8H14N2O5S5. The maximum atomic E-state index is 11.1. The van der Waals surface area contributed by atoms with Crippen LogP contribution in [-0.4, -0.2) is 51.6 Å². The quantitative estimate of drug-likeness (QED) is 0.240. The first kappa shape index (κ1) is 20.1. The summed E-state index contributed by atoms with van der Waals surface area (Å²) < 4.78 is 0.974. The van der Waals surface area contributed by atoms with Gasteiger partial charge >= 0.3 is 11.9 Å². The first-order chi connectivity index (χ1) is 9.20. The molecule has 4 unspecified atom stereocenters. The Balaban J connectivity index is 4.52. The maximum absolute atomic E-state index is 11.1. The highest BCUT2D eigenvalue weighted by Crippen LogP contribution is 2.10. The van der Waals surface area contributed by atoms with Crippen LogP contribution in [0.2, 0.25) is 0 Å². The summed E-state index contributed by atoms with van der Waals surface area (Å²) in [5, 5.41) is 17.9. The number of aliphatic carboxylic acids is 2. The summed E-state index contributed by atoms with van der Waals surface area (Å²) in [6.45, 7) is 1.21. The van der Waals surface area contributed by atoms with Crippen molar-refractivity contribution in [1.29, 1.82) is 0 Å². The fraction of sp³-hybridized carbons (Fsp3) is 0.625. The van der Waals surface area contributed by atoms with Gasteiger partial charge < -0.3 is 44.9 Å². The van der Waals surface area contributed by atoms with Crippen LogP contribution in [0.15, 0.2) is 0 Å². The molecule has 0 fully saturated rings. The largest absolute Gasteiger partial charge is 0.497 e. The standard InChI is InChI=1S/C8H14N2O5S5/c1-4(11)10(17)6(8(14)15)3-20(18)19-2-5(9-16)7(12)13/h5-6,10H,2-3,9H2,1H3,(H,12,13)(H,14,15). The number of carboxylic acid groups (broad SMARTS) is 2. The summed E-state index contributed by atoms with van der Waals surface area (Å²) in [6, 6.07) is -1.91. The average molecular weight is 379 g/mol. The highest BCUT2D eigenvalue weighted by atomic mass is 33.3. The normalized spacial score (nSPS) is 16.9. The number of amides is 1. The van der Waals surface area contributed by atoms with E-state index in [1.807, 2.05) is 0 Å². The molecule has 0 aromatic heterocycles. The van der Waals surface area contributed by atoms with Crippen LogP contribution in [0.4, 0.5) is 0 Å². The first-order valence-electron chi connectivity index (χ1n) is 5.18. The lowest BCUT2D eigenvalue weighted by Gasteiger charge is -2.26. The number of rotatable bonds is 9. The minimum atomic E-state index is -1.20. The van der Waals surface area contributed by atoms with Crippen LogP contribution < -0.4 is 9.03 Å². The molecule has 0 saturated heterocycles. The lowest BCUT2D eigenvalue weighted by atomic mass is 10.3. The minimum Gasteiger partial charge on any atom is -0.497 e. The molecule has 0 radical (unpaired) electrons. The van der Waals surface area contributed by atoms with Gasteiger partial charge in [0.2, 0.25) is 0 Å². The number of nitrogens with one attached hydrogen (secondary N) is 1. The van der Waals surface area contributed by atoms with Gasteiger partial charge in [0.25, 0.3) is 5.91 Å². The second-order valence-electron chi connectivity index (χ2n) is 3.65. The van der Waals surface area contributed by atoms with Gasteiger partial charge in [-0.1, -0.05) is 19.3 Å². The molecule has 0 bridgehead atoms. The monoisotopic (exact) mass is 378 g/mol. The van der Waals surface area contributed by atoms with Crippen molar-refractivity contribution in [2.45, 2.75) is 19.0 Å². The lowest BCUT2D eigenvalue weighted by Crippen LogP contribution is -3.15. The molecule has 7 nitrogen and oxygen atoms in total. The highest BCUT2D eigenvalue weighted by molar-refractivity contribution is 8.82. The second-order valence-corrected chi connectivity index (χ2v) is 9.62. The molecule has 0 saturated carbocycles. The fourth-order valence-electron chi connectivity index (χ4n) is 1.01. The van der Waals surface area contributed by atoms with Crippen LogP contribution in [0.1, 0.15) is 6.92 Å². The predicted molar refractivity (Wildman–Crippen MR) is 83.2 cm³/mol. The van der Waals surface area contributed by atoms with Crippen LogP contribution in [0.3, 0.4) is 0 Å².